The van der Waals surface area contributed by atoms with E-state index >= 15 is 0 Å². The topological polar surface area (TPSA) is 47.9 Å². The summed E-state index contributed by atoms with van der Waals surface area (Å²) >= 11 is 0. The van der Waals surface area contributed by atoms with E-state index in [1.54, 1.807) is 38.2 Å². The summed E-state index contributed by atoms with van der Waals surface area (Å²) in [6.45, 7) is 1.14. The van der Waals surface area contributed by atoms with Crippen molar-refractivity contribution < 1.29 is 9.18 Å². The van der Waals surface area contributed by atoms with Crippen molar-refractivity contribution in [3.8, 4) is 0 Å². The van der Waals surface area contributed by atoms with Gasteiger partial charge in [-0.2, -0.15) is 0 Å². The highest BCUT2D eigenvalue weighted by Crippen LogP contribution is 2.05. The van der Waals surface area contributed by atoms with Gasteiger partial charge in [-0.3, -0.25) is 9.79 Å². The fourth-order valence-corrected chi connectivity index (χ4v) is 1.83. The van der Waals surface area contributed by atoms with Crippen LogP contribution in [-0.4, -0.2) is 56.4 Å². The lowest BCUT2D eigenvalue weighted by Crippen LogP contribution is -2.40. The van der Waals surface area contributed by atoms with Crippen molar-refractivity contribution in [2.75, 3.05) is 34.7 Å². The molecule has 0 bridgehead atoms. The number of benzene rings is 1. The van der Waals surface area contributed by atoms with Crippen molar-refractivity contribution in [1.29, 1.82) is 0 Å². The van der Waals surface area contributed by atoms with Gasteiger partial charge in [0.25, 0.3) is 0 Å². The first-order valence-electron chi connectivity index (χ1n) is 6.80. The van der Waals surface area contributed by atoms with Gasteiger partial charge in [-0.1, -0.05) is 12.1 Å². The number of carbonyl (C=O) groups is 1. The van der Waals surface area contributed by atoms with Crippen molar-refractivity contribution in [3.05, 3.63) is 35.6 Å². The van der Waals surface area contributed by atoms with E-state index in [0.717, 1.165) is 5.56 Å². The molecular formula is C15H23FN4O. The largest absolute Gasteiger partial charge is 0.356 e. The molecule has 0 aliphatic carbocycles. The molecule has 0 radical (unpaired) electrons. The minimum atomic E-state index is -0.244. The first kappa shape index (κ1) is 16.9. The normalized spacial score (nSPS) is 11.2. The maximum absolute atomic E-state index is 12.9. The van der Waals surface area contributed by atoms with Gasteiger partial charge in [0.05, 0.1) is 0 Å². The van der Waals surface area contributed by atoms with Crippen molar-refractivity contribution in [2.45, 2.75) is 13.0 Å². The lowest BCUT2D eigenvalue weighted by atomic mass is 10.2. The van der Waals surface area contributed by atoms with E-state index in [-0.39, 0.29) is 11.7 Å². The highest BCUT2D eigenvalue weighted by atomic mass is 19.1. The predicted octanol–water partition coefficient (Wildman–Crippen LogP) is 1.31. The molecule has 0 saturated heterocycles. The Kier molecular flexibility index (Phi) is 6.65. The van der Waals surface area contributed by atoms with Crippen LogP contribution in [0.15, 0.2) is 29.3 Å². The minimum absolute atomic E-state index is 0.0686. The Balaban J connectivity index is 2.48. The fraction of sp³-hybridized carbons (Fsp3) is 0.467. The van der Waals surface area contributed by atoms with E-state index in [1.165, 1.54) is 12.1 Å². The first-order chi connectivity index (χ1) is 9.93. The summed E-state index contributed by atoms with van der Waals surface area (Å²) in [7, 11) is 7.05. The highest BCUT2D eigenvalue weighted by molar-refractivity contribution is 5.81. The molecule has 1 amide bonds. The van der Waals surface area contributed by atoms with Crippen LogP contribution in [0, 0.1) is 5.82 Å². The molecule has 0 aliphatic rings. The third-order valence-corrected chi connectivity index (χ3v) is 3.03. The van der Waals surface area contributed by atoms with Crippen LogP contribution in [0.3, 0.4) is 0 Å². The second kappa shape index (κ2) is 8.24. The zero-order valence-corrected chi connectivity index (χ0v) is 13.1. The van der Waals surface area contributed by atoms with Crippen LogP contribution < -0.4 is 5.32 Å². The molecule has 0 unspecified atom stereocenters. The first-order valence-corrected chi connectivity index (χ1v) is 6.80. The second-order valence-electron chi connectivity index (χ2n) is 4.99. The van der Waals surface area contributed by atoms with Crippen LogP contribution in [0.25, 0.3) is 0 Å². The molecule has 1 rings (SSSR count). The van der Waals surface area contributed by atoms with Gasteiger partial charge in [0.2, 0.25) is 5.91 Å². The van der Waals surface area contributed by atoms with Gasteiger partial charge >= 0.3 is 0 Å². The third-order valence-electron chi connectivity index (χ3n) is 3.03. The van der Waals surface area contributed by atoms with Gasteiger partial charge < -0.3 is 15.1 Å². The highest BCUT2D eigenvalue weighted by Gasteiger charge is 2.08. The number of rotatable bonds is 5. The molecule has 116 valence electrons. The summed E-state index contributed by atoms with van der Waals surface area (Å²) in [6.07, 6.45) is 0.413. The summed E-state index contributed by atoms with van der Waals surface area (Å²) < 4.78 is 12.9. The van der Waals surface area contributed by atoms with Gasteiger partial charge in [0.1, 0.15) is 5.82 Å². The van der Waals surface area contributed by atoms with E-state index < -0.39 is 0 Å². The number of guanidine groups is 1. The summed E-state index contributed by atoms with van der Waals surface area (Å²) in [5, 5.41) is 3.14. The average Bonchev–Trinajstić information content (AvgIpc) is 2.45. The third kappa shape index (κ3) is 5.81. The van der Waals surface area contributed by atoms with Gasteiger partial charge in [0, 0.05) is 47.7 Å². The Hall–Kier alpha value is -2.11. The summed E-state index contributed by atoms with van der Waals surface area (Å²) in [4.78, 5) is 19.2. The number of halogens is 1. The molecule has 1 N–H and O–H groups in total. The molecule has 6 heteroatoms. The standard InChI is InChI=1S/C15H23FN4O/c1-17-15(18-10-9-14(21)19(2)3)20(4)11-12-5-7-13(16)8-6-12/h5-8H,9-11H2,1-4H3,(H,17,18). The van der Waals surface area contributed by atoms with Gasteiger partial charge in [-0.15, -0.1) is 0 Å². The molecule has 0 aromatic heterocycles. The van der Waals surface area contributed by atoms with Crippen LogP contribution >= 0.6 is 0 Å². The molecule has 5 nitrogen and oxygen atoms in total. The molecule has 21 heavy (non-hydrogen) atoms. The molecule has 0 heterocycles. The van der Waals surface area contributed by atoms with Crippen LogP contribution in [0.2, 0.25) is 0 Å². The smallest absolute Gasteiger partial charge is 0.223 e. The Morgan fingerprint density at radius 1 is 1.24 bits per heavy atom. The van der Waals surface area contributed by atoms with Crippen LogP contribution in [0.5, 0.6) is 0 Å². The van der Waals surface area contributed by atoms with Crippen molar-refractivity contribution >= 4 is 11.9 Å². The van der Waals surface area contributed by atoms with E-state index in [0.29, 0.717) is 25.5 Å². The van der Waals surface area contributed by atoms with E-state index in [1.807, 2.05) is 11.9 Å². The van der Waals surface area contributed by atoms with Crippen LogP contribution in [0.1, 0.15) is 12.0 Å². The summed E-state index contributed by atoms with van der Waals surface area (Å²) in [5.41, 5.74) is 0.992. The monoisotopic (exact) mass is 294 g/mol. The number of hydrogen-bond donors (Lipinski definition) is 1. The number of amides is 1. The number of hydrogen-bond acceptors (Lipinski definition) is 2. The molecule has 0 atom stereocenters. The molecule has 0 aliphatic heterocycles. The SMILES string of the molecule is CN=C(NCCC(=O)N(C)C)N(C)Cc1ccc(F)cc1. The Morgan fingerprint density at radius 3 is 2.38 bits per heavy atom. The number of aliphatic imine (C=N–C) groups is 1. The van der Waals surface area contributed by atoms with Crippen molar-refractivity contribution in [2.24, 2.45) is 4.99 Å². The number of carbonyl (C=O) groups excluding carboxylic acids is 1. The van der Waals surface area contributed by atoms with E-state index in [2.05, 4.69) is 10.3 Å². The Bertz CT molecular complexity index is 485. The predicted molar refractivity (Wildman–Crippen MR) is 82.5 cm³/mol. The molecular weight excluding hydrogens is 271 g/mol. The lowest BCUT2D eigenvalue weighted by molar-refractivity contribution is -0.128. The van der Waals surface area contributed by atoms with E-state index in [9.17, 15) is 9.18 Å². The molecule has 0 spiro atoms. The average molecular weight is 294 g/mol. The maximum Gasteiger partial charge on any atom is 0.223 e. The Labute approximate surface area is 125 Å². The summed E-state index contributed by atoms with van der Waals surface area (Å²) in [6, 6.07) is 6.37. The maximum atomic E-state index is 12.9. The van der Waals surface area contributed by atoms with Crippen LogP contribution in [0.4, 0.5) is 4.39 Å². The van der Waals surface area contributed by atoms with E-state index in [4.69, 9.17) is 0 Å². The lowest BCUT2D eigenvalue weighted by Gasteiger charge is -2.22. The zero-order valence-electron chi connectivity index (χ0n) is 13.1. The zero-order chi connectivity index (χ0) is 15.8. The summed E-state index contributed by atoms with van der Waals surface area (Å²) in [5.74, 6) is 0.524. The van der Waals surface area contributed by atoms with Gasteiger partial charge in [-0.05, 0) is 17.7 Å². The minimum Gasteiger partial charge on any atom is -0.356 e. The number of nitrogens with zero attached hydrogens (tertiary/aromatic N) is 3. The molecule has 0 saturated carbocycles. The molecule has 1 aromatic carbocycles. The second-order valence-corrected chi connectivity index (χ2v) is 4.99. The molecule has 0 fully saturated rings. The fourth-order valence-electron chi connectivity index (χ4n) is 1.83. The number of nitrogens with one attached hydrogen (secondary N) is 1. The quantitative estimate of drug-likeness (QED) is 0.658. The molecule has 1 aromatic rings. The van der Waals surface area contributed by atoms with Gasteiger partial charge in [-0.25, -0.2) is 4.39 Å². The van der Waals surface area contributed by atoms with Crippen LogP contribution in [-0.2, 0) is 11.3 Å². The Morgan fingerprint density at radius 2 is 1.86 bits per heavy atom. The van der Waals surface area contributed by atoms with Crippen molar-refractivity contribution in [1.82, 2.24) is 15.1 Å². The van der Waals surface area contributed by atoms with Crippen molar-refractivity contribution in [3.63, 3.8) is 0 Å². The van der Waals surface area contributed by atoms with Gasteiger partial charge in [0.15, 0.2) is 5.96 Å².